The first kappa shape index (κ1) is 25.7. The van der Waals surface area contributed by atoms with Gasteiger partial charge >= 0.3 is 0 Å². The number of benzene rings is 1. The molecule has 1 aromatic carbocycles. The van der Waals surface area contributed by atoms with Crippen molar-refractivity contribution >= 4 is 23.1 Å². The molecule has 0 unspecified atom stereocenters. The lowest BCUT2D eigenvalue weighted by molar-refractivity contribution is 0.0964. The minimum atomic E-state index is -0.239. The van der Waals surface area contributed by atoms with Crippen LogP contribution in [-0.2, 0) is 33.0 Å². The maximum atomic E-state index is 13.8. The van der Waals surface area contributed by atoms with Crippen molar-refractivity contribution < 1.29 is 9.90 Å². The van der Waals surface area contributed by atoms with Gasteiger partial charge in [-0.15, -0.1) is 0 Å². The van der Waals surface area contributed by atoms with E-state index in [0.29, 0.717) is 35.2 Å². The number of carbonyl (C=O) groups excluding carboxylic acids is 1. The topological polar surface area (TPSA) is 104 Å². The molecule has 210 valence electrons. The van der Waals surface area contributed by atoms with Crippen molar-refractivity contribution in [3.05, 3.63) is 93.3 Å². The second-order valence-electron chi connectivity index (χ2n) is 11.3. The van der Waals surface area contributed by atoms with E-state index in [9.17, 15) is 14.7 Å². The van der Waals surface area contributed by atoms with Gasteiger partial charge in [-0.3, -0.25) is 9.59 Å². The molecule has 0 atom stereocenters. The summed E-state index contributed by atoms with van der Waals surface area (Å²) in [4.78, 5) is 33.1. The Labute approximate surface area is 238 Å². The highest BCUT2D eigenvalue weighted by Crippen LogP contribution is 2.36. The number of hydrogen-bond donors (Lipinski definition) is 3. The number of amides is 1. The lowest BCUT2D eigenvalue weighted by Gasteiger charge is -2.31. The molecule has 3 aromatic heterocycles. The summed E-state index contributed by atoms with van der Waals surface area (Å²) in [5.74, 6) is 1.04. The maximum absolute atomic E-state index is 13.8. The highest BCUT2D eigenvalue weighted by atomic mass is 16.3. The molecule has 5 heterocycles. The van der Waals surface area contributed by atoms with Gasteiger partial charge in [0.15, 0.2) is 0 Å². The van der Waals surface area contributed by atoms with Crippen molar-refractivity contribution in [3.8, 4) is 11.1 Å². The number of pyridine rings is 2. The van der Waals surface area contributed by atoms with E-state index in [1.165, 1.54) is 34.2 Å². The van der Waals surface area contributed by atoms with Crippen LogP contribution in [0.15, 0.2) is 59.7 Å². The van der Waals surface area contributed by atoms with Crippen molar-refractivity contribution in [2.75, 3.05) is 29.9 Å². The van der Waals surface area contributed by atoms with Gasteiger partial charge in [0, 0.05) is 68.4 Å². The Kier molecular flexibility index (Phi) is 6.48. The van der Waals surface area contributed by atoms with Crippen LogP contribution < -0.4 is 21.1 Å². The molecule has 9 heteroatoms. The average Bonchev–Trinajstić information content (AvgIpc) is 3.35. The molecule has 1 fully saturated rings. The van der Waals surface area contributed by atoms with Crippen molar-refractivity contribution in [1.82, 2.24) is 19.4 Å². The number of carbonyl (C=O) groups is 1. The number of aliphatic hydroxyl groups excluding tert-OH is 1. The van der Waals surface area contributed by atoms with Gasteiger partial charge in [-0.2, -0.15) is 0 Å². The number of nitrogens with zero attached hydrogens (tertiary/aromatic N) is 4. The highest BCUT2D eigenvalue weighted by Gasteiger charge is 2.31. The monoisotopic (exact) mass is 550 g/mol. The molecule has 1 amide bonds. The number of aliphatic hydroxyl groups is 1. The Morgan fingerprint density at radius 1 is 1.07 bits per heavy atom. The number of hydrogen-bond acceptors (Lipinski definition) is 6. The first-order valence-corrected chi connectivity index (χ1v) is 14.4. The predicted molar refractivity (Wildman–Crippen MR) is 159 cm³/mol. The second kappa shape index (κ2) is 10.3. The van der Waals surface area contributed by atoms with E-state index in [-0.39, 0.29) is 18.1 Å². The fraction of sp³-hybridized carbons (Fsp3) is 0.344. The van der Waals surface area contributed by atoms with Crippen LogP contribution in [0.1, 0.15) is 51.6 Å². The van der Waals surface area contributed by atoms with E-state index in [4.69, 9.17) is 0 Å². The van der Waals surface area contributed by atoms with Gasteiger partial charge in [-0.25, -0.2) is 4.98 Å². The van der Waals surface area contributed by atoms with Gasteiger partial charge in [0.05, 0.1) is 12.3 Å². The molecule has 7 rings (SSSR count). The zero-order valence-corrected chi connectivity index (χ0v) is 23.2. The Morgan fingerprint density at radius 2 is 1.93 bits per heavy atom. The summed E-state index contributed by atoms with van der Waals surface area (Å²) >= 11 is 0. The molecule has 9 nitrogen and oxygen atoms in total. The number of rotatable bonds is 6. The SMILES string of the molecule is Cn1cc(-c2cccc(N3CCn4c(cc5c4CCCC5)C3=O)c2CO)cc(Nc2ccc(C3CNC3)cn2)c1=O. The quantitative estimate of drug-likeness (QED) is 0.338. The zero-order chi connectivity index (χ0) is 28.1. The Balaban J connectivity index is 1.22. The van der Waals surface area contributed by atoms with E-state index < -0.39 is 0 Å². The number of aromatic nitrogens is 3. The summed E-state index contributed by atoms with van der Waals surface area (Å²) in [6.45, 7) is 2.96. The summed E-state index contributed by atoms with van der Waals surface area (Å²) in [7, 11) is 1.71. The van der Waals surface area contributed by atoms with Gasteiger partial charge in [0.25, 0.3) is 11.5 Å². The minimum absolute atomic E-state index is 0.0347. The van der Waals surface area contributed by atoms with E-state index in [0.717, 1.165) is 49.3 Å². The molecular weight excluding hydrogens is 516 g/mol. The van der Waals surface area contributed by atoms with Crippen LogP contribution >= 0.6 is 0 Å². The largest absolute Gasteiger partial charge is 0.392 e. The smallest absolute Gasteiger partial charge is 0.274 e. The lowest BCUT2D eigenvalue weighted by atomic mass is 9.95. The summed E-state index contributed by atoms with van der Waals surface area (Å²) in [6, 6.07) is 13.5. The first-order chi connectivity index (χ1) is 20.0. The van der Waals surface area contributed by atoms with Gasteiger partial charge < -0.3 is 29.8 Å². The molecule has 1 aliphatic carbocycles. The number of aryl methyl sites for hydroxylation is 2. The summed E-state index contributed by atoms with van der Waals surface area (Å²) in [5, 5.41) is 17.1. The lowest BCUT2D eigenvalue weighted by Crippen LogP contribution is -2.41. The van der Waals surface area contributed by atoms with E-state index in [2.05, 4.69) is 26.3 Å². The first-order valence-electron chi connectivity index (χ1n) is 14.4. The second-order valence-corrected chi connectivity index (χ2v) is 11.3. The fourth-order valence-corrected chi connectivity index (χ4v) is 6.46. The molecule has 3 N–H and O–H groups in total. The van der Waals surface area contributed by atoms with Crippen LogP contribution in [-0.4, -0.2) is 44.8 Å². The highest BCUT2D eigenvalue weighted by molar-refractivity contribution is 6.07. The van der Waals surface area contributed by atoms with Gasteiger partial charge in [0.2, 0.25) is 0 Å². The third-order valence-corrected chi connectivity index (χ3v) is 8.82. The molecule has 0 radical (unpaired) electrons. The van der Waals surface area contributed by atoms with Crippen LogP contribution in [0.5, 0.6) is 0 Å². The zero-order valence-electron chi connectivity index (χ0n) is 23.2. The van der Waals surface area contributed by atoms with Crippen molar-refractivity contribution in [3.63, 3.8) is 0 Å². The molecule has 3 aliphatic rings. The van der Waals surface area contributed by atoms with Gasteiger partial charge in [0.1, 0.15) is 17.2 Å². The third kappa shape index (κ3) is 4.45. The molecule has 2 aliphatic heterocycles. The van der Waals surface area contributed by atoms with Crippen LogP contribution in [0.25, 0.3) is 11.1 Å². The normalized spacial score (nSPS) is 16.7. The molecule has 41 heavy (non-hydrogen) atoms. The summed E-state index contributed by atoms with van der Waals surface area (Å²) < 4.78 is 3.73. The Bertz CT molecular complexity index is 1700. The molecule has 1 saturated heterocycles. The molecule has 4 aromatic rings. The van der Waals surface area contributed by atoms with Crippen molar-refractivity contribution in [2.24, 2.45) is 7.05 Å². The molecule has 0 spiro atoms. The number of nitrogens with one attached hydrogen (secondary N) is 2. The average molecular weight is 551 g/mol. The van der Waals surface area contributed by atoms with Crippen LogP contribution in [0.2, 0.25) is 0 Å². The van der Waals surface area contributed by atoms with Gasteiger partial charge in [-0.05, 0) is 66.6 Å². The fourth-order valence-electron chi connectivity index (χ4n) is 6.46. The summed E-state index contributed by atoms with van der Waals surface area (Å²) in [6.07, 6.45) is 8.02. The Morgan fingerprint density at radius 3 is 2.68 bits per heavy atom. The van der Waals surface area contributed by atoms with Crippen molar-refractivity contribution in [1.29, 1.82) is 0 Å². The maximum Gasteiger partial charge on any atom is 0.274 e. The van der Waals surface area contributed by atoms with Crippen LogP contribution in [0.3, 0.4) is 0 Å². The van der Waals surface area contributed by atoms with Gasteiger partial charge in [-0.1, -0.05) is 18.2 Å². The van der Waals surface area contributed by atoms with E-state index >= 15 is 0 Å². The standard InChI is InChI=1S/C32H34N6O3/c1-36-18-22(13-26(31(36)40)35-30-10-9-21(17-34-30)23-15-33-16-23)24-6-4-8-28(25(24)19-39)38-12-11-37-27-7-3-2-5-20(27)14-29(37)32(38)41/h4,6,8-10,13-14,17-18,23,33,39H,2-3,5,7,11-12,15-16,19H2,1H3,(H,34,35). The van der Waals surface area contributed by atoms with E-state index in [1.54, 1.807) is 24.2 Å². The third-order valence-electron chi connectivity index (χ3n) is 8.82. The molecule has 0 bridgehead atoms. The molecule has 0 saturated carbocycles. The molecular formula is C32H34N6O3. The number of fused-ring (bicyclic) bond motifs is 3. The van der Waals surface area contributed by atoms with Crippen LogP contribution in [0.4, 0.5) is 17.2 Å². The predicted octanol–water partition coefficient (Wildman–Crippen LogP) is 3.71. The van der Waals surface area contributed by atoms with Crippen LogP contribution in [0, 0.1) is 0 Å². The summed E-state index contributed by atoms with van der Waals surface area (Å²) in [5.41, 5.74) is 7.63. The Hall–Kier alpha value is -4.21. The van der Waals surface area contributed by atoms with Crippen molar-refractivity contribution in [2.45, 2.75) is 44.8 Å². The number of anilines is 3. The van der Waals surface area contributed by atoms with E-state index in [1.807, 2.05) is 36.5 Å². The minimum Gasteiger partial charge on any atom is -0.392 e.